The third-order valence-corrected chi connectivity index (χ3v) is 6.27. The lowest BCUT2D eigenvalue weighted by Crippen LogP contribution is -2.57. The fraction of sp³-hybridized carbons (Fsp3) is 0.389. The Morgan fingerprint density at radius 2 is 2.12 bits per heavy atom. The Balaban J connectivity index is 1.59. The highest BCUT2D eigenvalue weighted by atomic mass is 32.1. The van der Waals surface area contributed by atoms with E-state index in [4.69, 9.17) is 0 Å². The molecule has 0 saturated carbocycles. The molecule has 0 aliphatic carbocycles. The van der Waals surface area contributed by atoms with E-state index in [-0.39, 0.29) is 22.4 Å². The Morgan fingerprint density at radius 1 is 1.32 bits per heavy atom. The van der Waals surface area contributed by atoms with E-state index >= 15 is 0 Å². The Labute approximate surface area is 149 Å². The van der Waals surface area contributed by atoms with Crippen LogP contribution in [-0.4, -0.2) is 52.5 Å². The van der Waals surface area contributed by atoms with Crippen molar-refractivity contribution >= 4 is 23.2 Å². The molecule has 3 aliphatic heterocycles. The maximum atomic E-state index is 12.8. The van der Waals surface area contributed by atoms with Crippen molar-refractivity contribution in [2.45, 2.75) is 18.9 Å². The molecule has 130 valence electrons. The van der Waals surface area contributed by atoms with E-state index in [1.54, 1.807) is 24.5 Å². The Kier molecular flexibility index (Phi) is 4.27. The number of hydrogen-bond acceptors (Lipinski definition) is 5. The summed E-state index contributed by atoms with van der Waals surface area (Å²) < 4.78 is 0. The van der Waals surface area contributed by atoms with Crippen LogP contribution in [0.25, 0.3) is 10.4 Å². The van der Waals surface area contributed by atoms with Crippen LogP contribution in [0.2, 0.25) is 0 Å². The number of carboxylic acid groups (broad SMARTS) is 1. The summed E-state index contributed by atoms with van der Waals surface area (Å²) in [5, 5.41) is 12.6. The van der Waals surface area contributed by atoms with Gasteiger partial charge >= 0.3 is 5.97 Å². The Bertz CT molecular complexity index is 797. The molecule has 25 heavy (non-hydrogen) atoms. The second kappa shape index (κ2) is 6.57. The van der Waals surface area contributed by atoms with Gasteiger partial charge in [0, 0.05) is 35.4 Å². The van der Waals surface area contributed by atoms with Gasteiger partial charge in [-0.3, -0.25) is 9.78 Å². The smallest absolute Gasteiger partial charge is 0.337 e. The highest BCUT2D eigenvalue weighted by molar-refractivity contribution is 7.17. The lowest BCUT2D eigenvalue weighted by atomic mass is 9.84. The molecule has 2 aromatic heterocycles. The molecule has 0 spiro atoms. The summed E-state index contributed by atoms with van der Waals surface area (Å²) in [6.07, 6.45) is 5.53. The van der Waals surface area contributed by atoms with E-state index in [1.807, 2.05) is 6.07 Å². The first-order valence-electron chi connectivity index (χ1n) is 8.42. The Morgan fingerprint density at radius 3 is 2.72 bits per heavy atom. The number of amides is 1. The average Bonchev–Trinajstić information content (AvgIpc) is 3.09. The number of pyridine rings is 1. The van der Waals surface area contributed by atoms with Gasteiger partial charge in [0.2, 0.25) is 0 Å². The molecule has 1 unspecified atom stereocenters. The molecular formula is C18H19N3O3S. The van der Waals surface area contributed by atoms with Crippen molar-refractivity contribution in [1.29, 1.82) is 0 Å². The molecule has 5 rings (SSSR count). The standard InChI is InChI=1S/C18H19N3O3S/c22-17(20-14-10-21-6-3-11(14)4-7-21)16-13(18(23)24)8-15(25-16)12-2-1-5-19-9-12/h1-2,5,8-9,11,14H,3-4,6-7,10H2,(H,20,22)(H,23,24). The molecule has 3 aliphatic rings. The third-order valence-electron chi connectivity index (χ3n) is 5.09. The van der Waals surface area contributed by atoms with Crippen molar-refractivity contribution in [1.82, 2.24) is 15.2 Å². The molecule has 7 heteroatoms. The molecule has 5 heterocycles. The van der Waals surface area contributed by atoms with Crippen molar-refractivity contribution in [3.8, 4) is 10.4 Å². The van der Waals surface area contributed by atoms with Crippen LogP contribution in [-0.2, 0) is 0 Å². The number of carbonyl (C=O) groups is 2. The summed E-state index contributed by atoms with van der Waals surface area (Å²) in [7, 11) is 0. The highest BCUT2D eigenvalue weighted by Gasteiger charge is 2.35. The number of carbonyl (C=O) groups excluding carboxylic acids is 1. The van der Waals surface area contributed by atoms with Crippen molar-refractivity contribution in [2.75, 3.05) is 19.6 Å². The summed E-state index contributed by atoms with van der Waals surface area (Å²) >= 11 is 1.21. The van der Waals surface area contributed by atoms with Crippen LogP contribution in [0.15, 0.2) is 30.6 Å². The molecule has 2 aromatic rings. The van der Waals surface area contributed by atoms with E-state index < -0.39 is 5.97 Å². The van der Waals surface area contributed by atoms with Gasteiger partial charge in [-0.25, -0.2) is 4.79 Å². The molecule has 2 N–H and O–H groups in total. The zero-order valence-electron chi connectivity index (χ0n) is 13.6. The number of nitrogens with one attached hydrogen (secondary N) is 1. The molecule has 3 fully saturated rings. The SMILES string of the molecule is O=C(O)c1cc(-c2cccnc2)sc1C(=O)NC1CN2CCC1CC2. The van der Waals surface area contributed by atoms with Crippen LogP contribution in [0.4, 0.5) is 0 Å². The number of rotatable bonds is 4. The molecular weight excluding hydrogens is 338 g/mol. The quantitative estimate of drug-likeness (QED) is 0.878. The van der Waals surface area contributed by atoms with Crippen molar-refractivity contribution in [3.63, 3.8) is 0 Å². The number of carboxylic acids is 1. The fourth-order valence-corrected chi connectivity index (χ4v) is 4.77. The van der Waals surface area contributed by atoms with Crippen molar-refractivity contribution < 1.29 is 14.7 Å². The van der Waals surface area contributed by atoms with Gasteiger partial charge in [0.1, 0.15) is 4.88 Å². The number of thiophene rings is 1. The summed E-state index contributed by atoms with van der Waals surface area (Å²) in [4.78, 5) is 31.8. The van der Waals surface area contributed by atoms with E-state index in [0.29, 0.717) is 5.92 Å². The van der Waals surface area contributed by atoms with E-state index in [0.717, 1.165) is 42.9 Å². The van der Waals surface area contributed by atoms with Crippen LogP contribution in [0, 0.1) is 5.92 Å². The fourth-order valence-electron chi connectivity index (χ4n) is 3.73. The average molecular weight is 357 g/mol. The lowest BCUT2D eigenvalue weighted by Gasteiger charge is -2.44. The maximum Gasteiger partial charge on any atom is 0.337 e. The van der Waals surface area contributed by atoms with E-state index in [9.17, 15) is 14.7 Å². The van der Waals surface area contributed by atoms with Crippen LogP contribution in [0.5, 0.6) is 0 Å². The van der Waals surface area contributed by atoms with E-state index in [2.05, 4.69) is 15.2 Å². The minimum absolute atomic E-state index is 0.0580. The third kappa shape index (κ3) is 3.17. The van der Waals surface area contributed by atoms with Crippen molar-refractivity contribution in [2.24, 2.45) is 5.92 Å². The molecule has 2 bridgehead atoms. The molecule has 6 nitrogen and oxygen atoms in total. The zero-order valence-corrected chi connectivity index (χ0v) is 14.5. The first-order valence-corrected chi connectivity index (χ1v) is 9.24. The van der Waals surface area contributed by atoms with Crippen LogP contribution < -0.4 is 5.32 Å². The maximum absolute atomic E-state index is 12.8. The topological polar surface area (TPSA) is 82.5 Å². The van der Waals surface area contributed by atoms with Crippen LogP contribution >= 0.6 is 11.3 Å². The van der Waals surface area contributed by atoms with E-state index in [1.165, 1.54) is 11.3 Å². The first kappa shape index (κ1) is 16.2. The predicted molar refractivity (Wildman–Crippen MR) is 94.9 cm³/mol. The largest absolute Gasteiger partial charge is 0.478 e. The normalized spacial score (nSPS) is 24.9. The number of fused-ring (bicyclic) bond motifs is 3. The van der Waals surface area contributed by atoms with Gasteiger partial charge in [0.25, 0.3) is 5.91 Å². The van der Waals surface area contributed by atoms with Crippen molar-refractivity contribution in [3.05, 3.63) is 41.0 Å². The molecule has 0 radical (unpaired) electrons. The number of aromatic nitrogens is 1. The monoisotopic (exact) mass is 357 g/mol. The van der Waals surface area contributed by atoms with Gasteiger partial charge in [0.05, 0.1) is 5.56 Å². The first-order chi connectivity index (χ1) is 12.1. The highest BCUT2D eigenvalue weighted by Crippen LogP contribution is 2.32. The molecule has 3 saturated heterocycles. The lowest BCUT2D eigenvalue weighted by molar-refractivity contribution is 0.0614. The second-order valence-corrected chi connectivity index (χ2v) is 7.67. The summed E-state index contributed by atoms with van der Waals surface area (Å²) in [5.74, 6) is -0.860. The summed E-state index contributed by atoms with van der Waals surface area (Å²) in [6, 6.07) is 5.33. The number of hydrogen-bond donors (Lipinski definition) is 2. The van der Waals surface area contributed by atoms with Crippen LogP contribution in [0.3, 0.4) is 0 Å². The molecule has 0 aromatic carbocycles. The van der Waals surface area contributed by atoms with Crippen LogP contribution in [0.1, 0.15) is 32.9 Å². The summed E-state index contributed by atoms with van der Waals surface area (Å²) in [6.45, 7) is 3.06. The molecule has 1 atom stereocenters. The minimum atomic E-state index is -1.08. The van der Waals surface area contributed by atoms with Gasteiger partial charge in [-0.2, -0.15) is 0 Å². The second-order valence-electron chi connectivity index (χ2n) is 6.62. The number of aromatic carboxylic acids is 1. The van der Waals surface area contributed by atoms with Gasteiger partial charge < -0.3 is 15.3 Å². The zero-order chi connectivity index (χ0) is 17.4. The van der Waals surface area contributed by atoms with Gasteiger partial charge in [-0.15, -0.1) is 11.3 Å². The molecule has 1 amide bonds. The number of nitrogens with zero attached hydrogens (tertiary/aromatic N) is 2. The van der Waals surface area contributed by atoms with Gasteiger partial charge in [0.15, 0.2) is 0 Å². The minimum Gasteiger partial charge on any atom is -0.478 e. The summed E-state index contributed by atoms with van der Waals surface area (Å²) in [5.41, 5.74) is 0.875. The van der Waals surface area contributed by atoms with Gasteiger partial charge in [-0.05, 0) is 44.0 Å². The van der Waals surface area contributed by atoms with Gasteiger partial charge in [-0.1, -0.05) is 6.07 Å². The number of piperidine rings is 3. The predicted octanol–water partition coefficient (Wildman–Crippen LogP) is 2.33. The Hall–Kier alpha value is -2.25.